The Morgan fingerprint density at radius 2 is 1.77 bits per heavy atom. The zero-order valence-electron chi connectivity index (χ0n) is 17.2. The first-order chi connectivity index (χ1) is 14.5. The highest BCUT2D eigenvalue weighted by molar-refractivity contribution is 6.00. The molecule has 0 bridgehead atoms. The molecule has 0 amide bonds. The number of esters is 2. The number of rotatable bonds is 4. The average Bonchev–Trinajstić information content (AvgIpc) is 3.25. The predicted octanol–water partition coefficient (Wildman–Crippen LogP) is 3.78. The predicted molar refractivity (Wildman–Crippen MR) is 111 cm³/mol. The molecule has 30 heavy (non-hydrogen) atoms. The Labute approximate surface area is 176 Å². The van der Waals surface area contributed by atoms with E-state index in [4.69, 9.17) is 9.47 Å². The molecule has 6 nitrogen and oxygen atoms in total. The summed E-state index contributed by atoms with van der Waals surface area (Å²) in [5.41, 5.74) is 3.27. The summed E-state index contributed by atoms with van der Waals surface area (Å²) in [5, 5.41) is 3.23. The number of ether oxygens (including phenoxy) is 2. The fourth-order valence-electron chi connectivity index (χ4n) is 4.82. The second-order valence-corrected chi connectivity index (χ2v) is 8.23. The maximum atomic E-state index is 13.2. The molecule has 6 heteroatoms. The number of nitrogens with one attached hydrogen (secondary N) is 1. The van der Waals surface area contributed by atoms with Crippen LogP contribution in [0.3, 0.4) is 0 Å². The Kier molecular flexibility index (Phi) is 5.75. The van der Waals surface area contributed by atoms with Gasteiger partial charge in [0.2, 0.25) is 0 Å². The van der Waals surface area contributed by atoms with Crippen LogP contribution in [0.15, 0.2) is 47.8 Å². The third-order valence-electron chi connectivity index (χ3n) is 6.32. The zero-order valence-corrected chi connectivity index (χ0v) is 17.2. The first kappa shape index (κ1) is 20.4. The van der Waals surface area contributed by atoms with Crippen LogP contribution in [0.25, 0.3) is 0 Å². The van der Waals surface area contributed by atoms with E-state index in [-0.39, 0.29) is 17.9 Å². The van der Waals surface area contributed by atoms with Gasteiger partial charge in [-0.2, -0.15) is 0 Å². The second kappa shape index (κ2) is 8.46. The van der Waals surface area contributed by atoms with Crippen LogP contribution in [-0.4, -0.2) is 30.9 Å². The van der Waals surface area contributed by atoms with Gasteiger partial charge in [0.1, 0.15) is 12.0 Å². The van der Waals surface area contributed by atoms with Crippen molar-refractivity contribution in [3.63, 3.8) is 0 Å². The highest BCUT2D eigenvalue weighted by atomic mass is 16.5. The van der Waals surface area contributed by atoms with Crippen LogP contribution in [0.4, 0.5) is 0 Å². The van der Waals surface area contributed by atoms with Crippen molar-refractivity contribution in [3.05, 3.63) is 58.9 Å². The molecular formula is C24H27NO5. The number of ketones is 1. The van der Waals surface area contributed by atoms with Crippen LogP contribution in [0.2, 0.25) is 0 Å². The normalized spacial score (nSPS) is 24.3. The minimum absolute atomic E-state index is 0.0527. The van der Waals surface area contributed by atoms with Crippen molar-refractivity contribution in [1.29, 1.82) is 0 Å². The molecule has 1 N–H and O–H groups in total. The van der Waals surface area contributed by atoms with Gasteiger partial charge in [0, 0.05) is 29.3 Å². The van der Waals surface area contributed by atoms with Crippen molar-refractivity contribution in [2.45, 2.75) is 57.0 Å². The van der Waals surface area contributed by atoms with Crippen molar-refractivity contribution < 1.29 is 23.9 Å². The molecule has 1 fully saturated rings. The van der Waals surface area contributed by atoms with Crippen LogP contribution in [0.1, 0.15) is 66.8 Å². The lowest BCUT2D eigenvalue weighted by Gasteiger charge is -2.38. The van der Waals surface area contributed by atoms with Crippen LogP contribution < -0.4 is 5.32 Å². The van der Waals surface area contributed by atoms with Gasteiger partial charge < -0.3 is 14.8 Å². The Morgan fingerprint density at radius 3 is 2.43 bits per heavy atom. The number of carbonyl (C=O) groups is 3. The van der Waals surface area contributed by atoms with Crippen LogP contribution in [-0.2, 0) is 19.1 Å². The Bertz CT molecular complexity index is 908. The number of allylic oxidation sites excluding steroid dienone is 2. The molecule has 2 atom stereocenters. The van der Waals surface area contributed by atoms with Gasteiger partial charge in [0.25, 0.3) is 0 Å². The van der Waals surface area contributed by atoms with Gasteiger partial charge in [0.05, 0.1) is 12.7 Å². The average molecular weight is 409 g/mol. The summed E-state index contributed by atoms with van der Waals surface area (Å²) in [5.74, 6) is -1.87. The molecule has 2 aliphatic carbocycles. The highest BCUT2D eigenvalue weighted by Crippen LogP contribution is 2.44. The van der Waals surface area contributed by atoms with Crippen molar-refractivity contribution in [2.24, 2.45) is 5.92 Å². The summed E-state index contributed by atoms with van der Waals surface area (Å²) in [6.45, 7) is 4.11. The maximum Gasteiger partial charge on any atom is 0.337 e. The zero-order chi connectivity index (χ0) is 21.3. The maximum absolute atomic E-state index is 13.2. The van der Waals surface area contributed by atoms with Crippen molar-refractivity contribution in [3.8, 4) is 0 Å². The number of hydrogen-bond donors (Lipinski definition) is 1. The summed E-state index contributed by atoms with van der Waals surface area (Å²) >= 11 is 0. The molecule has 1 aromatic rings. The molecule has 1 aliphatic heterocycles. The summed E-state index contributed by atoms with van der Waals surface area (Å²) in [6.07, 6.45) is 5.82. The molecule has 0 spiro atoms. The Hall–Kier alpha value is -2.89. The quantitative estimate of drug-likeness (QED) is 0.762. The number of hydrogen-bond acceptors (Lipinski definition) is 6. The molecule has 1 heterocycles. The van der Waals surface area contributed by atoms with E-state index in [0.29, 0.717) is 23.3 Å². The monoisotopic (exact) mass is 409 g/mol. The van der Waals surface area contributed by atoms with Gasteiger partial charge in [-0.1, -0.05) is 18.7 Å². The minimum Gasteiger partial charge on any atom is -0.465 e. The van der Waals surface area contributed by atoms with Gasteiger partial charge in [-0.3, -0.25) is 9.59 Å². The summed E-state index contributed by atoms with van der Waals surface area (Å²) < 4.78 is 10.6. The molecule has 1 aromatic carbocycles. The summed E-state index contributed by atoms with van der Waals surface area (Å²) in [6, 6.07) is 6.91. The molecule has 3 aliphatic rings. The molecule has 2 unspecified atom stereocenters. The Balaban J connectivity index is 1.73. The SMILES string of the molecule is C=C1NC2=C(C(=O)CCC2)C(c2ccc(C(=O)OC)cc2)C1C(=O)OC1CCCC1. The molecule has 1 saturated carbocycles. The molecule has 0 radical (unpaired) electrons. The summed E-state index contributed by atoms with van der Waals surface area (Å²) in [7, 11) is 1.33. The first-order valence-corrected chi connectivity index (χ1v) is 10.6. The molecular weight excluding hydrogens is 382 g/mol. The van der Waals surface area contributed by atoms with Gasteiger partial charge in [-0.15, -0.1) is 0 Å². The van der Waals surface area contributed by atoms with E-state index >= 15 is 0 Å². The Morgan fingerprint density at radius 1 is 1.07 bits per heavy atom. The van der Waals surface area contributed by atoms with E-state index in [0.717, 1.165) is 49.8 Å². The van der Waals surface area contributed by atoms with E-state index in [1.165, 1.54) is 7.11 Å². The van der Waals surface area contributed by atoms with E-state index in [1.807, 2.05) is 0 Å². The van der Waals surface area contributed by atoms with E-state index in [2.05, 4.69) is 11.9 Å². The second-order valence-electron chi connectivity index (χ2n) is 8.23. The van der Waals surface area contributed by atoms with Crippen LogP contribution in [0, 0.1) is 5.92 Å². The van der Waals surface area contributed by atoms with Crippen molar-refractivity contribution in [1.82, 2.24) is 5.32 Å². The minimum atomic E-state index is -0.685. The van der Waals surface area contributed by atoms with Crippen molar-refractivity contribution >= 4 is 17.7 Å². The third kappa shape index (κ3) is 3.78. The first-order valence-electron chi connectivity index (χ1n) is 10.6. The van der Waals surface area contributed by atoms with Gasteiger partial charge in [0.15, 0.2) is 5.78 Å². The third-order valence-corrected chi connectivity index (χ3v) is 6.32. The van der Waals surface area contributed by atoms with Crippen LogP contribution in [0.5, 0.6) is 0 Å². The highest BCUT2D eigenvalue weighted by Gasteiger charge is 2.44. The lowest BCUT2D eigenvalue weighted by Crippen LogP contribution is -2.41. The molecule has 4 rings (SSSR count). The number of methoxy groups -OCH3 is 1. The lowest BCUT2D eigenvalue weighted by atomic mass is 9.71. The fourth-order valence-corrected chi connectivity index (χ4v) is 4.82. The summed E-state index contributed by atoms with van der Waals surface area (Å²) in [4.78, 5) is 37.9. The largest absolute Gasteiger partial charge is 0.465 e. The number of carbonyl (C=O) groups excluding carboxylic acids is 3. The van der Waals surface area contributed by atoms with Gasteiger partial charge in [-0.25, -0.2) is 4.79 Å². The molecule has 0 aromatic heterocycles. The fraction of sp³-hybridized carbons (Fsp3) is 0.458. The topological polar surface area (TPSA) is 81.7 Å². The lowest BCUT2D eigenvalue weighted by molar-refractivity contribution is -0.153. The van der Waals surface area contributed by atoms with Gasteiger partial charge >= 0.3 is 11.9 Å². The number of Topliss-reactive ketones (excluding diaryl/α,β-unsaturated/α-hetero) is 1. The smallest absolute Gasteiger partial charge is 0.337 e. The standard InChI is InChI=1S/C24H27NO5/c1-14-20(24(28)30-17-6-3-4-7-17)21(22-18(25-14)8-5-9-19(22)26)15-10-12-16(13-11-15)23(27)29-2/h10-13,17,20-21,25H,1,3-9H2,2H3. The van der Waals surface area contributed by atoms with E-state index in [9.17, 15) is 14.4 Å². The van der Waals surface area contributed by atoms with E-state index < -0.39 is 17.8 Å². The molecule has 158 valence electrons. The number of benzene rings is 1. The van der Waals surface area contributed by atoms with Gasteiger partial charge in [-0.05, 0) is 56.2 Å². The van der Waals surface area contributed by atoms with E-state index in [1.54, 1.807) is 24.3 Å². The molecule has 0 saturated heterocycles. The van der Waals surface area contributed by atoms with Crippen molar-refractivity contribution in [2.75, 3.05) is 7.11 Å². The van der Waals surface area contributed by atoms with Crippen LogP contribution >= 0.6 is 0 Å².